The summed E-state index contributed by atoms with van der Waals surface area (Å²) in [6, 6.07) is 0. The largest absolute Gasteiger partial charge is 0.162 e. The summed E-state index contributed by atoms with van der Waals surface area (Å²) in [5.41, 5.74) is 0. The molecule has 0 saturated heterocycles. The molecule has 9 heavy (non-hydrogen) atoms. The molecule has 0 N–H and O–H groups in total. The lowest BCUT2D eigenvalue weighted by atomic mass is 10.2. The van der Waals surface area contributed by atoms with E-state index < -0.39 is 0 Å². The zero-order valence-electron chi connectivity index (χ0n) is 6.10. The van der Waals surface area contributed by atoms with Crippen LogP contribution in [0.4, 0.5) is 0 Å². The van der Waals surface area contributed by atoms with Crippen molar-refractivity contribution in [3.63, 3.8) is 0 Å². The molecule has 0 aromatic heterocycles. The fraction of sp³-hybridized carbons (Fsp3) is 0.625. The number of hydrogen-bond donors (Lipinski definition) is 0. The van der Waals surface area contributed by atoms with Gasteiger partial charge >= 0.3 is 0 Å². The Morgan fingerprint density at radius 3 is 2.67 bits per heavy atom. The summed E-state index contributed by atoms with van der Waals surface area (Å²) in [5, 5.41) is 0.750. The molecule has 0 aliphatic rings. The molecule has 0 aliphatic carbocycles. The molecule has 1 radical (unpaired) electrons. The second-order valence-corrected chi connectivity index (χ2v) is 3.16. The molecular formula is C8H15S. The van der Waals surface area contributed by atoms with Gasteiger partial charge in [0.25, 0.3) is 0 Å². The highest BCUT2D eigenvalue weighted by Crippen LogP contribution is 2.16. The second kappa shape index (κ2) is 6.21. The van der Waals surface area contributed by atoms with E-state index in [0.717, 1.165) is 18.1 Å². The molecule has 1 unspecified atom stereocenters. The van der Waals surface area contributed by atoms with E-state index in [-0.39, 0.29) is 0 Å². The van der Waals surface area contributed by atoms with Crippen molar-refractivity contribution in [3.8, 4) is 0 Å². The van der Waals surface area contributed by atoms with E-state index >= 15 is 0 Å². The van der Waals surface area contributed by atoms with Crippen LogP contribution in [0, 0.1) is 6.92 Å². The standard InChI is InChI=1S/C8H15S/c1-4-6-8(9-3)7-5-2/h4,8H,1-2,5-7H2,3H3. The maximum absolute atomic E-state index is 3.81. The Labute approximate surface area is 62.7 Å². The molecule has 0 heterocycles. The van der Waals surface area contributed by atoms with Crippen LogP contribution < -0.4 is 0 Å². The second-order valence-electron chi connectivity index (χ2n) is 2.02. The molecule has 0 amide bonds. The molecular weight excluding hydrogens is 128 g/mol. The van der Waals surface area contributed by atoms with Crippen molar-refractivity contribution in [1.29, 1.82) is 0 Å². The van der Waals surface area contributed by atoms with Gasteiger partial charge in [-0.25, -0.2) is 0 Å². The van der Waals surface area contributed by atoms with Crippen molar-refractivity contribution in [1.82, 2.24) is 0 Å². The third-order valence-corrected chi connectivity index (χ3v) is 2.38. The average Bonchev–Trinajstić information content (AvgIpc) is 1.88. The number of rotatable bonds is 5. The molecule has 0 aromatic rings. The predicted octanol–water partition coefficient (Wildman–Crippen LogP) is 2.91. The Morgan fingerprint density at radius 2 is 2.33 bits per heavy atom. The fourth-order valence-corrected chi connectivity index (χ4v) is 1.48. The van der Waals surface area contributed by atoms with Crippen LogP contribution in [0.3, 0.4) is 0 Å². The van der Waals surface area contributed by atoms with Gasteiger partial charge in [0.2, 0.25) is 0 Å². The molecule has 0 rings (SSSR count). The van der Waals surface area contributed by atoms with E-state index in [1.165, 1.54) is 6.42 Å². The first-order valence-corrected chi connectivity index (χ1v) is 4.56. The molecule has 0 aromatic carbocycles. The molecule has 0 nitrogen and oxygen atoms in total. The summed E-state index contributed by atoms with van der Waals surface area (Å²) in [5.74, 6) is 0. The summed E-state index contributed by atoms with van der Waals surface area (Å²) in [6.07, 6.45) is 7.50. The fourth-order valence-electron chi connectivity index (χ4n) is 0.745. The van der Waals surface area contributed by atoms with Gasteiger partial charge in [-0.15, -0.1) is 6.58 Å². The monoisotopic (exact) mass is 143 g/mol. The van der Waals surface area contributed by atoms with E-state index in [1.807, 2.05) is 17.8 Å². The van der Waals surface area contributed by atoms with Crippen molar-refractivity contribution in [2.75, 3.05) is 6.26 Å². The summed E-state index contributed by atoms with van der Waals surface area (Å²) in [4.78, 5) is 0. The highest BCUT2D eigenvalue weighted by molar-refractivity contribution is 7.99. The average molecular weight is 143 g/mol. The van der Waals surface area contributed by atoms with Gasteiger partial charge in [0.05, 0.1) is 0 Å². The summed E-state index contributed by atoms with van der Waals surface area (Å²) < 4.78 is 0. The zero-order chi connectivity index (χ0) is 7.11. The normalized spacial score (nSPS) is 13.1. The Morgan fingerprint density at radius 1 is 1.67 bits per heavy atom. The first-order valence-electron chi connectivity index (χ1n) is 3.28. The minimum absolute atomic E-state index is 0.750. The third kappa shape index (κ3) is 4.58. The van der Waals surface area contributed by atoms with Gasteiger partial charge < -0.3 is 0 Å². The van der Waals surface area contributed by atoms with Crippen LogP contribution in [0.2, 0.25) is 0 Å². The van der Waals surface area contributed by atoms with Crippen LogP contribution in [0.15, 0.2) is 12.7 Å². The van der Waals surface area contributed by atoms with Crippen molar-refractivity contribution in [2.45, 2.75) is 24.5 Å². The SMILES string of the molecule is [CH2]CCC(CC=C)SC. The van der Waals surface area contributed by atoms with Crippen LogP contribution in [-0.4, -0.2) is 11.5 Å². The third-order valence-electron chi connectivity index (χ3n) is 1.29. The number of allylic oxidation sites excluding steroid dienone is 1. The topological polar surface area (TPSA) is 0 Å². The van der Waals surface area contributed by atoms with Crippen LogP contribution in [0.5, 0.6) is 0 Å². The molecule has 0 saturated carbocycles. The highest BCUT2D eigenvalue weighted by Gasteiger charge is 2.00. The predicted molar refractivity (Wildman–Crippen MR) is 46.7 cm³/mol. The van der Waals surface area contributed by atoms with Gasteiger partial charge in [0.1, 0.15) is 0 Å². The Hall–Kier alpha value is 0.0900. The lowest BCUT2D eigenvalue weighted by Gasteiger charge is -2.08. The Kier molecular flexibility index (Phi) is 6.28. The highest BCUT2D eigenvalue weighted by atomic mass is 32.2. The van der Waals surface area contributed by atoms with Crippen LogP contribution in [0.25, 0.3) is 0 Å². The van der Waals surface area contributed by atoms with Gasteiger partial charge in [-0.1, -0.05) is 19.4 Å². The molecule has 0 aliphatic heterocycles. The molecule has 0 spiro atoms. The minimum atomic E-state index is 0.750. The van der Waals surface area contributed by atoms with Crippen molar-refractivity contribution in [2.24, 2.45) is 0 Å². The summed E-state index contributed by atoms with van der Waals surface area (Å²) in [6.45, 7) is 7.50. The van der Waals surface area contributed by atoms with Crippen LogP contribution in [0.1, 0.15) is 19.3 Å². The van der Waals surface area contributed by atoms with Crippen molar-refractivity contribution < 1.29 is 0 Å². The van der Waals surface area contributed by atoms with Gasteiger partial charge in [0.15, 0.2) is 0 Å². The smallest absolute Gasteiger partial charge is 0.00786 e. The van der Waals surface area contributed by atoms with E-state index in [1.54, 1.807) is 0 Å². The lowest BCUT2D eigenvalue weighted by Crippen LogP contribution is -1.98. The van der Waals surface area contributed by atoms with Crippen LogP contribution in [-0.2, 0) is 0 Å². The molecule has 1 heteroatoms. The minimum Gasteiger partial charge on any atom is -0.162 e. The van der Waals surface area contributed by atoms with Gasteiger partial charge in [-0.05, 0) is 19.1 Å². The van der Waals surface area contributed by atoms with E-state index in [0.29, 0.717) is 0 Å². The Balaban J connectivity index is 3.28. The van der Waals surface area contributed by atoms with Gasteiger partial charge in [-0.2, -0.15) is 11.8 Å². The van der Waals surface area contributed by atoms with E-state index in [9.17, 15) is 0 Å². The first kappa shape index (κ1) is 9.09. The molecule has 0 fully saturated rings. The Bertz CT molecular complexity index is 69.0. The maximum Gasteiger partial charge on any atom is 0.00786 e. The van der Waals surface area contributed by atoms with Gasteiger partial charge in [0, 0.05) is 5.25 Å². The lowest BCUT2D eigenvalue weighted by molar-refractivity contribution is 0.782. The van der Waals surface area contributed by atoms with Gasteiger partial charge in [-0.3, -0.25) is 0 Å². The zero-order valence-corrected chi connectivity index (χ0v) is 6.91. The van der Waals surface area contributed by atoms with Crippen molar-refractivity contribution >= 4 is 11.8 Å². The maximum atomic E-state index is 3.81. The van der Waals surface area contributed by atoms with Crippen molar-refractivity contribution in [3.05, 3.63) is 19.6 Å². The molecule has 1 atom stereocenters. The molecule has 53 valence electrons. The first-order chi connectivity index (χ1) is 4.35. The van der Waals surface area contributed by atoms with Crippen LogP contribution >= 0.6 is 11.8 Å². The molecule has 0 bridgehead atoms. The summed E-state index contributed by atoms with van der Waals surface area (Å²) >= 11 is 1.91. The summed E-state index contributed by atoms with van der Waals surface area (Å²) in [7, 11) is 0. The van der Waals surface area contributed by atoms with E-state index in [4.69, 9.17) is 0 Å². The number of thioether (sulfide) groups is 1. The van der Waals surface area contributed by atoms with E-state index in [2.05, 4.69) is 19.8 Å². The number of hydrogen-bond acceptors (Lipinski definition) is 1. The quantitative estimate of drug-likeness (QED) is 0.533.